The Bertz CT molecular complexity index is 427. The Morgan fingerprint density at radius 2 is 1.94 bits per heavy atom. The van der Waals surface area contributed by atoms with Crippen LogP contribution < -0.4 is 10.9 Å². The maximum Gasteiger partial charge on any atom is 0.339 e. The Hall–Kier alpha value is -1.00. The van der Waals surface area contributed by atoms with Crippen molar-refractivity contribution in [3.05, 3.63) is 22.7 Å². The maximum atomic E-state index is 11.5. The molecule has 0 aliphatic rings. The number of nitrogens with two attached hydrogens (primary N) is 1. The van der Waals surface area contributed by atoms with Crippen LogP contribution in [-0.4, -0.2) is 21.2 Å². The SMILES string of the molecule is COC(=O)c1cc([Si](C)(C)C)c(N)cc1Cl. The molecule has 2 N–H and O–H groups in total. The van der Waals surface area contributed by atoms with Crippen LogP contribution in [0.3, 0.4) is 0 Å². The third-order valence-electron chi connectivity index (χ3n) is 2.35. The summed E-state index contributed by atoms with van der Waals surface area (Å²) in [5.41, 5.74) is 6.95. The second-order valence-electron chi connectivity index (χ2n) is 4.66. The Morgan fingerprint density at radius 1 is 1.38 bits per heavy atom. The van der Waals surface area contributed by atoms with Gasteiger partial charge in [-0.3, -0.25) is 0 Å². The van der Waals surface area contributed by atoms with Gasteiger partial charge in [0.1, 0.15) is 0 Å². The summed E-state index contributed by atoms with van der Waals surface area (Å²) in [6, 6.07) is 3.39. The van der Waals surface area contributed by atoms with Gasteiger partial charge in [0.05, 0.1) is 25.8 Å². The molecule has 0 unspecified atom stereocenters. The molecule has 1 aromatic carbocycles. The molecular weight excluding hydrogens is 242 g/mol. The van der Waals surface area contributed by atoms with Gasteiger partial charge in [-0.1, -0.05) is 31.2 Å². The van der Waals surface area contributed by atoms with Gasteiger partial charge in [-0.05, 0) is 17.3 Å². The molecule has 3 nitrogen and oxygen atoms in total. The van der Waals surface area contributed by atoms with Crippen molar-refractivity contribution < 1.29 is 9.53 Å². The number of hydrogen-bond acceptors (Lipinski definition) is 3. The average Bonchev–Trinajstić information content (AvgIpc) is 2.14. The number of methoxy groups -OCH3 is 1. The van der Waals surface area contributed by atoms with E-state index >= 15 is 0 Å². The lowest BCUT2D eigenvalue weighted by Crippen LogP contribution is -2.40. The first-order chi connectivity index (χ1) is 7.27. The molecule has 0 aromatic heterocycles. The minimum absolute atomic E-state index is 0.339. The number of anilines is 1. The fraction of sp³-hybridized carbons (Fsp3) is 0.364. The molecule has 0 fully saturated rings. The molecule has 0 radical (unpaired) electrons. The number of halogens is 1. The predicted molar refractivity (Wildman–Crippen MR) is 70.2 cm³/mol. The van der Waals surface area contributed by atoms with Crippen molar-refractivity contribution >= 4 is 36.5 Å². The molecule has 0 saturated heterocycles. The normalized spacial score (nSPS) is 11.3. The minimum atomic E-state index is -1.58. The molecule has 5 heteroatoms. The summed E-state index contributed by atoms with van der Waals surface area (Å²) in [5.74, 6) is -0.426. The zero-order valence-electron chi connectivity index (χ0n) is 9.93. The Kier molecular flexibility index (Phi) is 3.65. The predicted octanol–water partition coefficient (Wildman–Crippen LogP) is 2.25. The number of ether oxygens (including phenoxy) is 1. The third kappa shape index (κ3) is 2.57. The van der Waals surface area contributed by atoms with Crippen LogP contribution >= 0.6 is 11.6 Å². The summed E-state index contributed by atoms with van der Waals surface area (Å²) in [5, 5.41) is 1.36. The lowest BCUT2D eigenvalue weighted by Gasteiger charge is -2.20. The van der Waals surface area contributed by atoms with Crippen LogP contribution in [0.5, 0.6) is 0 Å². The van der Waals surface area contributed by atoms with Crippen molar-refractivity contribution in [3.8, 4) is 0 Å². The number of benzene rings is 1. The first kappa shape index (κ1) is 13.1. The molecule has 1 rings (SSSR count). The Labute approximate surface area is 102 Å². The van der Waals surface area contributed by atoms with Crippen LogP contribution in [0, 0.1) is 0 Å². The molecular formula is C11H16ClNO2Si. The van der Waals surface area contributed by atoms with Crippen molar-refractivity contribution in [2.75, 3.05) is 12.8 Å². The van der Waals surface area contributed by atoms with E-state index in [-0.39, 0.29) is 0 Å². The summed E-state index contributed by atoms with van der Waals surface area (Å²) < 4.78 is 4.68. The molecule has 0 aliphatic heterocycles. The highest BCUT2D eigenvalue weighted by molar-refractivity contribution is 6.89. The summed E-state index contributed by atoms with van der Waals surface area (Å²) >= 11 is 5.96. The standard InChI is InChI=1S/C11H16ClNO2Si/c1-15-11(14)7-5-10(16(2,3)4)9(13)6-8(7)12/h5-6H,13H2,1-4H3. The fourth-order valence-electron chi connectivity index (χ4n) is 1.50. The molecule has 88 valence electrons. The van der Waals surface area contributed by atoms with Crippen molar-refractivity contribution in [2.24, 2.45) is 0 Å². The summed E-state index contributed by atoms with van der Waals surface area (Å²) in [6.07, 6.45) is 0. The zero-order chi connectivity index (χ0) is 12.5. The van der Waals surface area contributed by atoms with Gasteiger partial charge in [0.25, 0.3) is 0 Å². The number of nitrogen functional groups attached to an aromatic ring is 1. The monoisotopic (exact) mass is 257 g/mol. The van der Waals surface area contributed by atoms with Crippen LogP contribution in [0.15, 0.2) is 12.1 Å². The van der Waals surface area contributed by atoms with Gasteiger partial charge >= 0.3 is 5.97 Å². The molecule has 0 heterocycles. The third-order valence-corrected chi connectivity index (χ3v) is 4.71. The van der Waals surface area contributed by atoms with Crippen LogP contribution in [0.25, 0.3) is 0 Å². The molecule has 16 heavy (non-hydrogen) atoms. The number of hydrogen-bond donors (Lipinski definition) is 1. The Balaban J connectivity index is 3.39. The van der Waals surface area contributed by atoms with Gasteiger partial charge in [-0.25, -0.2) is 4.79 Å². The smallest absolute Gasteiger partial charge is 0.339 e. The van der Waals surface area contributed by atoms with Gasteiger partial charge in [-0.2, -0.15) is 0 Å². The van der Waals surface area contributed by atoms with E-state index in [0.29, 0.717) is 16.3 Å². The average molecular weight is 258 g/mol. The van der Waals surface area contributed by atoms with Crippen molar-refractivity contribution in [1.82, 2.24) is 0 Å². The topological polar surface area (TPSA) is 52.3 Å². The maximum absolute atomic E-state index is 11.5. The van der Waals surface area contributed by atoms with Gasteiger partial charge in [0, 0.05) is 5.69 Å². The molecule has 0 spiro atoms. The number of carbonyl (C=O) groups is 1. The van der Waals surface area contributed by atoms with Crippen molar-refractivity contribution in [1.29, 1.82) is 0 Å². The van der Waals surface area contributed by atoms with E-state index in [0.717, 1.165) is 5.19 Å². The number of esters is 1. The van der Waals surface area contributed by atoms with E-state index in [1.807, 2.05) is 0 Å². The van der Waals surface area contributed by atoms with Gasteiger partial charge in [0.2, 0.25) is 0 Å². The van der Waals surface area contributed by atoms with Crippen LogP contribution in [0.4, 0.5) is 5.69 Å². The molecule has 0 aliphatic carbocycles. The van der Waals surface area contributed by atoms with E-state index < -0.39 is 14.0 Å². The second kappa shape index (κ2) is 4.47. The van der Waals surface area contributed by atoms with E-state index in [2.05, 4.69) is 24.4 Å². The van der Waals surface area contributed by atoms with Gasteiger partial charge < -0.3 is 10.5 Å². The summed E-state index contributed by atoms with van der Waals surface area (Å²) in [6.45, 7) is 6.48. The summed E-state index contributed by atoms with van der Waals surface area (Å²) in [4.78, 5) is 11.5. The van der Waals surface area contributed by atoms with Crippen LogP contribution in [0.1, 0.15) is 10.4 Å². The highest BCUT2D eigenvalue weighted by atomic mass is 35.5. The van der Waals surface area contributed by atoms with E-state index in [4.69, 9.17) is 17.3 Å². The van der Waals surface area contributed by atoms with Crippen molar-refractivity contribution in [2.45, 2.75) is 19.6 Å². The lowest BCUT2D eigenvalue weighted by molar-refractivity contribution is 0.0601. The Morgan fingerprint density at radius 3 is 2.38 bits per heavy atom. The van der Waals surface area contributed by atoms with Crippen LogP contribution in [0.2, 0.25) is 24.7 Å². The number of rotatable bonds is 2. The largest absolute Gasteiger partial charge is 0.465 e. The first-order valence-electron chi connectivity index (χ1n) is 4.95. The highest BCUT2D eigenvalue weighted by Crippen LogP contribution is 2.21. The minimum Gasteiger partial charge on any atom is -0.465 e. The molecule has 0 atom stereocenters. The van der Waals surface area contributed by atoms with Gasteiger partial charge in [-0.15, -0.1) is 0 Å². The fourth-order valence-corrected chi connectivity index (χ4v) is 3.27. The van der Waals surface area contributed by atoms with Crippen LogP contribution in [-0.2, 0) is 4.74 Å². The molecule has 0 saturated carbocycles. The van der Waals surface area contributed by atoms with Crippen molar-refractivity contribution in [3.63, 3.8) is 0 Å². The first-order valence-corrected chi connectivity index (χ1v) is 8.83. The highest BCUT2D eigenvalue weighted by Gasteiger charge is 2.23. The molecule has 0 amide bonds. The molecule has 0 bridgehead atoms. The molecule has 1 aromatic rings. The lowest BCUT2D eigenvalue weighted by atomic mass is 10.2. The van der Waals surface area contributed by atoms with E-state index in [1.54, 1.807) is 12.1 Å². The zero-order valence-corrected chi connectivity index (χ0v) is 11.7. The second-order valence-corrected chi connectivity index (χ2v) is 10.1. The summed E-state index contributed by atoms with van der Waals surface area (Å²) in [7, 11) is -0.246. The number of carbonyl (C=O) groups excluding carboxylic acids is 1. The van der Waals surface area contributed by atoms with E-state index in [9.17, 15) is 4.79 Å². The van der Waals surface area contributed by atoms with E-state index in [1.165, 1.54) is 7.11 Å². The van der Waals surface area contributed by atoms with Gasteiger partial charge in [0.15, 0.2) is 0 Å². The quantitative estimate of drug-likeness (QED) is 0.502.